The molecule has 1 saturated heterocycles. The quantitative estimate of drug-likeness (QED) is 0.745. The normalized spacial score (nSPS) is 24.8. The number of piperazine rings is 1. The van der Waals surface area contributed by atoms with Crippen LogP contribution in [0, 0.1) is 0 Å². The lowest BCUT2D eigenvalue weighted by atomic mass is 9.86. The Balaban J connectivity index is 0.00000208. The maximum absolute atomic E-state index is 4.54. The van der Waals surface area contributed by atoms with Crippen molar-refractivity contribution in [2.75, 3.05) is 45.1 Å². The van der Waals surface area contributed by atoms with Gasteiger partial charge in [0.2, 0.25) is 0 Å². The predicted octanol–water partition coefficient (Wildman–Crippen LogP) is 1.46. The Kier molecular flexibility index (Phi) is 6.57. The van der Waals surface area contributed by atoms with Gasteiger partial charge < -0.3 is 16.0 Å². The van der Waals surface area contributed by atoms with Crippen molar-refractivity contribution in [2.24, 2.45) is 0 Å². The second-order valence-corrected chi connectivity index (χ2v) is 6.77. The van der Waals surface area contributed by atoms with Crippen LogP contribution >= 0.6 is 12.4 Å². The highest BCUT2D eigenvalue weighted by molar-refractivity contribution is 5.85. The summed E-state index contributed by atoms with van der Waals surface area (Å²) in [6.45, 7) is 9.85. The van der Waals surface area contributed by atoms with E-state index in [0.29, 0.717) is 6.04 Å². The van der Waals surface area contributed by atoms with Gasteiger partial charge in [0.15, 0.2) is 0 Å². The van der Waals surface area contributed by atoms with Crippen LogP contribution < -0.4 is 16.0 Å². The van der Waals surface area contributed by atoms with Crippen LogP contribution in [0.5, 0.6) is 0 Å². The first kappa shape index (κ1) is 19.1. The van der Waals surface area contributed by atoms with Gasteiger partial charge in [0.05, 0.1) is 11.2 Å². The maximum Gasteiger partial charge on any atom is 0.137 e. The number of hydrogen-bond acceptors (Lipinski definition) is 6. The highest BCUT2D eigenvalue weighted by Crippen LogP contribution is 2.34. The molecule has 0 saturated carbocycles. The van der Waals surface area contributed by atoms with E-state index in [1.54, 1.807) is 6.33 Å². The third kappa shape index (κ3) is 4.06. The minimum absolute atomic E-state index is 0. The third-order valence-electron chi connectivity index (χ3n) is 4.89. The van der Waals surface area contributed by atoms with Crippen molar-refractivity contribution in [1.29, 1.82) is 0 Å². The van der Waals surface area contributed by atoms with Crippen molar-refractivity contribution in [2.45, 2.75) is 31.8 Å². The monoisotopic (exact) mass is 352 g/mol. The van der Waals surface area contributed by atoms with Crippen molar-refractivity contribution in [1.82, 2.24) is 25.5 Å². The Bertz CT molecular complexity index is 572. The van der Waals surface area contributed by atoms with Crippen molar-refractivity contribution in [3.8, 4) is 0 Å². The first-order chi connectivity index (χ1) is 11.1. The molecule has 0 aromatic carbocycles. The summed E-state index contributed by atoms with van der Waals surface area (Å²) in [7, 11) is 1.99. The first-order valence-corrected chi connectivity index (χ1v) is 8.53. The molecule has 0 bridgehead atoms. The van der Waals surface area contributed by atoms with E-state index in [-0.39, 0.29) is 17.9 Å². The second-order valence-electron chi connectivity index (χ2n) is 6.77. The van der Waals surface area contributed by atoms with Gasteiger partial charge in [0.25, 0.3) is 0 Å². The molecule has 2 aliphatic rings. The van der Waals surface area contributed by atoms with Gasteiger partial charge in [-0.3, -0.25) is 4.90 Å². The van der Waals surface area contributed by atoms with E-state index >= 15 is 0 Å². The lowest BCUT2D eigenvalue weighted by Gasteiger charge is -2.33. The number of halogens is 1. The lowest BCUT2D eigenvalue weighted by molar-refractivity contribution is 0.235. The Morgan fingerprint density at radius 3 is 2.79 bits per heavy atom. The van der Waals surface area contributed by atoms with Gasteiger partial charge in [0.1, 0.15) is 12.1 Å². The SMILES string of the molecule is CNC1(C)CC=Cc2c(N[C@@H](C)CN3CCNCC3)ncnc21.Cl. The van der Waals surface area contributed by atoms with Crippen LogP contribution in [0.3, 0.4) is 0 Å². The van der Waals surface area contributed by atoms with Crippen molar-refractivity contribution >= 4 is 24.3 Å². The van der Waals surface area contributed by atoms with E-state index in [4.69, 9.17) is 0 Å². The summed E-state index contributed by atoms with van der Waals surface area (Å²) < 4.78 is 0. The number of fused-ring (bicyclic) bond motifs is 1. The molecule has 0 radical (unpaired) electrons. The van der Waals surface area contributed by atoms with Gasteiger partial charge in [0, 0.05) is 44.3 Å². The molecular formula is C17H29ClN6. The fraction of sp³-hybridized carbons (Fsp3) is 0.647. The van der Waals surface area contributed by atoms with Crippen LogP contribution in [-0.2, 0) is 5.54 Å². The Morgan fingerprint density at radius 1 is 1.33 bits per heavy atom. The maximum atomic E-state index is 4.54. The molecule has 6 nitrogen and oxygen atoms in total. The van der Waals surface area contributed by atoms with Crippen LogP contribution in [0.25, 0.3) is 6.08 Å². The van der Waals surface area contributed by atoms with E-state index in [1.165, 1.54) is 0 Å². The number of hydrogen-bond donors (Lipinski definition) is 3. The molecule has 24 heavy (non-hydrogen) atoms. The van der Waals surface area contributed by atoms with E-state index in [0.717, 1.165) is 56.2 Å². The number of nitrogens with zero attached hydrogens (tertiary/aromatic N) is 3. The zero-order valence-corrected chi connectivity index (χ0v) is 15.6. The van der Waals surface area contributed by atoms with Gasteiger partial charge in [-0.05, 0) is 27.3 Å². The predicted molar refractivity (Wildman–Crippen MR) is 102 cm³/mol. The average molecular weight is 353 g/mol. The fourth-order valence-corrected chi connectivity index (χ4v) is 3.40. The van der Waals surface area contributed by atoms with Gasteiger partial charge in [-0.2, -0.15) is 0 Å². The summed E-state index contributed by atoms with van der Waals surface area (Å²) >= 11 is 0. The third-order valence-corrected chi connectivity index (χ3v) is 4.89. The van der Waals surface area contributed by atoms with Crippen molar-refractivity contribution in [3.63, 3.8) is 0 Å². The Labute approximate surface area is 150 Å². The van der Waals surface area contributed by atoms with E-state index < -0.39 is 0 Å². The zero-order chi connectivity index (χ0) is 16.3. The molecule has 2 heterocycles. The van der Waals surface area contributed by atoms with Crippen molar-refractivity contribution < 1.29 is 0 Å². The van der Waals surface area contributed by atoms with Crippen LogP contribution in [0.15, 0.2) is 12.4 Å². The zero-order valence-electron chi connectivity index (χ0n) is 14.8. The fourth-order valence-electron chi connectivity index (χ4n) is 3.40. The number of aromatic nitrogens is 2. The molecule has 1 aliphatic heterocycles. The minimum Gasteiger partial charge on any atom is -0.366 e. The van der Waals surface area contributed by atoms with Crippen LogP contribution in [0.1, 0.15) is 31.5 Å². The highest BCUT2D eigenvalue weighted by atomic mass is 35.5. The molecule has 3 rings (SSSR count). The Hall–Kier alpha value is -1.21. The molecule has 1 aliphatic carbocycles. The smallest absolute Gasteiger partial charge is 0.137 e. The molecule has 1 aromatic heterocycles. The van der Waals surface area contributed by atoms with Gasteiger partial charge in [-0.15, -0.1) is 12.4 Å². The van der Waals surface area contributed by atoms with E-state index in [9.17, 15) is 0 Å². The Morgan fingerprint density at radius 2 is 2.08 bits per heavy atom. The molecule has 3 N–H and O–H groups in total. The summed E-state index contributed by atoms with van der Waals surface area (Å²) in [5.41, 5.74) is 2.07. The summed E-state index contributed by atoms with van der Waals surface area (Å²) in [5.74, 6) is 0.940. The summed E-state index contributed by atoms with van der Waals surface area (Å²) in [4.78, 5) is 11.5. The summed E-state index contributed by atoms with van der Waals surface area (Å²) in [5, 5.41) is 10.4. The van der Waals surface area contributed by atoms with Crippen LogP contribution in [0.4, 0.5) is 5.82 Å². The molecule has 7 heteroatoms. The molecule has 0 spiro atoms. The van der Waals surface area contributed by atoms with Crippen molar-refractivity contribution in [3.05, 3.63) is 23.7 Å². The summed E-state index contributed by atoms with van der Waals surface area (Å²) in [6.07, 6.45) is 6.97. The number of nitrogens with one attached hydrogen (secondary N) is 3. The number of rotatable bonds is 5. The van der Waals surface area contributed by atoms with E-state index in [2.05, 4.69) is 56.8 Å². The first-order valence-electron chi connectivity index (χ1n) is 8.53. The van der Waals surface area contributed by atoms with Gasteiger partial charge in [-0.1, -0.05) is 12.2 Å². The molecule has 1 fully saturated rings. The second kappa shape index (κ2) is 8.25. The standard InChI is InChI=1S/C17H28N6.ClH/c1-13(11-23-9-7-19-8-10-23)22-16-14-5-4-6-17(2,18-3)15(14)20-12-21-16;/h4-5,12-13,18-19H,6-11H2,1-3H3,(H,20,21,22);1H/t13-,17?;/m0./s1. The largest absolute Gasteiger partial charge is 0.366 e. The average Bonchev–Trinajstić information content (AvgIpc) is 2.57. The van der Waals surface area contributed by atoms with Crippen LogP contribution in [-0.4, -0.2) is 60.7 Å². The molecule has 1 unspecified atom stereocenters. The number of anilines is 1. The summed E-state index contributed by atoms with van der Waals surface area (Å²) in [6, 6.07) is 0.350. The minimum atomic E-state index is -0.120. The molecule has 0 amide bonds. The topological polar surface area (TPSA) is 65.1 Å². The van der Waals surface area contributed by atoms with Crippen LogP contribution in [0.2, 0.25) is 0 Å². The molecule has 134 valence electrons. The highest BCUT2D eigenvalue weighted by Gasteiger charge is 2.31. The molecule has 2 atom stereocenters. The lowest BCUT2D eigenvalue weighted by Crippen LogP contribution is -2.47. The van der Waals surface area contributed by atoms with Gasteiger partial charge in [-0.25, -0.2) is 9.97 Å². The molecule has 1 aromatic rings. The van der Waals surface area contributed by atoms with Gasteiger partial charge >= 0.3 is 0 Å². The molecular weight excluding hydrogens is 324 g/mol. The van der Waals surface area contributed by atoms with E-state index in [1.807, 2.05) is 7.05 Å².